The van der Waals surface area contributed by atoms with Gasteiger partial charge in [0.25, 0.3) is 5.91 Å². The number of ether oxygens (including phenoxy) is 2. The monoisotopic (exact) mass is 322 g/mol. The number of nitrogens with one attached hydrogen (secondary N) is 1. The van der Waals surface area contributed by atoms with E-state index >= 15 is 0 Å². The lowest BCUT2D eigenvalue weighted by molar-refractivity contribution is -0.139. The van der Waals surface area contributed by atoms with Crippen molar-refractivity contribution in [2.75, 3.05) is 18.5 Å². The molecule has 0 saturated heterocycles. The Morgan fingerprint density at radius 1 is 1.26 bits per heavy atom. The molecule has 5 heteroatoms. The Morgan fingerprint density at radius 3 is 2.57 bits per heavy atom. The number of rotatable bonds is 10. The minimum absolute atomic E-state index is 0.125. The van der Waals surface area contributed by atoms with E-state index in [1.165, 1.54) is 0 Å². The number of aryl methyl sites for hydroxylation is 1. The van der Waals surface area contributed by atoms with Crippen LogP contribution in [-0.4, -0.2) is 29.7 Å². The molecule has 5 nitrogen and oxygen atoms in total. The van der Waals surface area contributed by atoms with Crippen LogP contribution >= 0.6 is 0 Å². The molecule has 1 rings (SSSR count). The molecule has 1 amide bonds. The number of anilines is 1. The zero-order chi connectivity index (χ0) is 17.3. The largest absolute Gasteiger partial charge is 0.478 e. The van der Waals surface area contributed by atoms with Gasteiger partial charge in [0.1, 0.15) is 5.60 Å². The Morgan fingerprint density at radius 2 is 2.00 bits per heavy atom. The highest BCUT2D eigenvalue weighted by molar-refractivity contribution is 5.97. The van der Waals surface area contributed by atoms with E-state index in [2.05, 4.69) is 17.2 Å². The zero-order valence-electron chi connectivity index (χ0n) is 15.1. The van der Waals surface area contributed by atoms with Crippen molar-refractivity contribution in [2.45, 2.75) is 65.9 Å². The zero-order valence-corrected chi connectivity index (χ0v) is 15.1. The van der Waals surface area contributed by atoms with Gasteiger partial charge in [-0.05, 0) is 39.7 Å². The summed E-state index contributed by atoms with van der Waals surface area (Å²) in [5, 5.41) is 2.95. The third kappa shape index (κ3) is 5.82. The van der Waals surface area contributed by atoms with Crippen molar-refractivity contribution >= 4 is 11.6 Å². The summed E-state index contributed by atoms with van der Waals surface area (Å²) < 4.78 is 11.2. The van der Waals surface area contributed by atoms with Gasteiger partial charge in [-0.15, -0.1) is 0 Å². The van der Waals surface area contributed by atoms with Gasteiger partial charge in [-0.2, -0.15) is 0 Å². The fourth-order valence-electron chi connectivity index (χ4n) is 2.30. The molecule has 1 aromatic heterocycles. The van der Waals surface area contributed by atoms with Crippen molar-refractivity contribution in [3.05, 3.63) is 17.8 Å². The smallest absolute Gasteiger partial charge is 0.256 e. The van der Waals surface area contributed by atoms with Crippen molar-refractivity contribution in [1.29, 1.82) is 0 Å². The Bertz CT molecular complexity index is 505. The van der Waals surface area contributed by atoms with E-state index in [1.807, 2.05) is 33.8 Å². The van der Waals surface area contributed by atoms with Crippen molar-refractivity contribution in [3.8, 4) is 5.88 Å². The number of carbonyl (C=O) groups is 1. The van der Waals surface area contributed by atoms with E-state index < -0.39 is 5.60 Å². The second kappa shape index (κ2) is 9.50. The third-order valence-corrected chi connectivity index (χ3v) is 3.71. The maximum absolute atomic E-state index is 12.6. The molecule has 23 heavy (non-hydrogen) atoms. The van der Waals surface area contributed by atoms with Gasteiger partial charge in [0.05, 0.1) is 18.0 Å². The molecule has 1 aromatic rings. The Kier molecular flexibility index (Phi) is 8.03. The van der Waals surface area contributed by atoms with Crippen LogP contribution in [0.3, 0.4) is 0 Å². The van der Waals surface area contributed by atoms with Crippen LogP contribution in [0, 0.1) is 6.92 Å². The van der Waals surface area contributed by atoms with Crippen LogP contribution in [0.15, 0.2) is 12.1 Å². The molecule has 1 heterocycles. The van der Waals surface area contributed by atoms with Crippen molar-refractivity contribution in [3.63, 3.8) is 0 Å². The summed E-state index contributed by atoms with van der Waals surface area (Å²) in [6, 6.07) is 3.61. The van der Waals surface area contributed by atoms with E-state index in [9.17, 15) is 4.79 Å². The molecule has 0 aliphatic rings. The van der Waals surface area contributed by atoms with Gasteiger partial charge in [0.15, 0.2) is 0 Å². The van der Waals surface area contributed by atoms with E-state index in [0.29, 0.717) is 31.2 Å². The average molecular weight is 322 g/mol. The van der Waals surface area contributed by atoms with Gasteiger partial charge in [-0.25, -0.2) is 4.98 Å². The normalized spacial score (nSPS) is 13.4. The standard InChI is InChI=1S/C18H30N2O3/c1-6-9-12-18(5,23-8-3)17(21)20-15-10-11-16(19-14(15)4)22-13-7-2/h10-11H,6-9,12-13H2,1-5H3,(H,20,21)/t18-/m0/s1. The van der Waals surface area contributed by atoms with E-state index in [4.69, 9.17) is 9.47 Å². The summed E-state index contributed by atoms with van der Waals surface area (Å²) in [6.45, 7) is 10.9. The topological polar surface area (TPSA) is 60.5 Å². The van der Waals surface area contributed by atoms with Crippen LogP contribution in [0.25, 0.3) is 0 Å². The highest BCUT2D eigenvalue weighted by atomic mass is 16.5. The molecule has 130 valence electrons. The summed E-state index contributed by atoms with van der Waals surface area (Å²) in [4.78, 5) is 17.0. The number of unbranched alkanes of at least 4 members (excludes halogenated alkanes) is 1. The first-order valence-corrected chi connectivity index (χ1v) is 8.52. The highest BCUT2D eigenvalue weighted by Crippen LogP contribution is 2.23. The molecule has 0 aromatic carbocycles. The minimum Gasteiger partial charge on any atom is -0.478 e. The molecule has 0 aliphatic heterocycles. The lowest BCUT2D eigenvalue weighted by Gasteiger charge is -2.28. The van der Waals surface area contributed by atoms with Crippen LogP contribution in [0.1, 0.15) is 59.1 Å². The molecule has 0 aliphatic carbocycles. The molecule has 0 fully saturated rings. The van der Waals surface area contributed by atoms with Crippen molar-refractivity contribution in [1.82, 2.24) is 4.98 Å². The second-order valence-corrected chi connectivity index (χ2v) is 5.85. The fourth-order valence-corrected chi connectivity index (χ4v) is 2.30. The van der Waals surface area contributed by atoms with Crippen molar-refractivity contribution < 1.29 is 14.3 Å². The Balaban J connectivity index is 2.81. The molecule has 0 radical (unpaired) electrons. The molecule has 1 N–H and O–H groups in total. The number of aromatic nitrogens is 1. The van der Waals surface area contributed by atoms with Gasteiger partial charge in [-0.1, -0.05) is 26.7 Å². The van der Waals surface area contributed by atoms with E-state index in [-0.39, 0.29) is 5.91 Å². The summed E-state index contributed by atoms with van der Waals surface area (Å²) in [7, 11) is 0. The molecule has 0 saturated carbocycles. The van der Waals surface area contributed by atoms with Gasteiger partial charge >= 0.3 is 0 Å². The number of nitrogens with zero attached hydrogens (tertiary/aromatic N) is 1. The van der Waals surface area contributed by atoms with Crippen LogP contribution in [0.4, 0.5) is 5.69 Å². The predicted molar refractivity (Wildman–Crippen MR) is 92.9 cm³/mol. The summed E-state index contributed by atoms with van der Waals surface area (Å²) in [5.74, 6) is 0.459. The summed E-state index contributed by atoms with van der Waals surface area (Å²) in [5.41, 5.74) is 0.622. The Labute approximate surface area is 139 Å². The molecular weight excluding hydrogens is 292 g/mol. The molecule has 1 atom stereocenters. The maximum atomic E-state index is 12.6. The number of pyridine rings is 1. The third-order valence-electron chi connectivity index (χ3n) is 3.71. The first kappa shape index (κ1) is 19.4. The molecule has 0 unspecified atom stereocenters. The Hall–Kier alpha value is -1.62. The second-order valence-electron chi connectivity index (χ2n) is 5.85. The quantitative estimate of drug-likeness (QED) is 0.704. The first-order valence-electron chi connectivity index (χ1n) is 8.52. The van der Waals surface area contributed by atoms with Gasteiger partial charge in [0.2, 0.25) is 5.88 Å². The van der Waals surface area contributed by atoms with Crippen LogP contribution < -0.4 is 10.1 Å². The summed E-state index contributed by atoms with van der Waals surface area (Å²) >= 11 is 0. The van der Waals surface area contributed by atoms with Crippen molar-refractivity contribution in [2.24, 2.45) is 0 Å². The molecule has 0 bridgehead atoms. The van der Waals surface area contributed by atoms with Gasteiger partial charge in [-0.3, -0.25) is 4.79 Å². The van der Waals surface area contributed by atoms with E-state index in [0.717, 1.165) is 25.0 Å². The SMILES string of the molecule is CCCC[C@](C)(OCC)C(=O)Nc1ccc(OCCC)nc1C. The van der Waals surface area contributed by atoms with Gasteiger partial charge in [0, 0.05) is 12.7 Å². The predicted octanol–water partition coefficient (Wildman–Crippen LogP) is 4.10. The van der Waals surface area contributed by atoms with E-state index in [1.54, 1.807) is 6.07 Å². The van der Waals surface area contributed by atoms with Crippen LogP contribution in [0.5, 0.6) is 5.88 Å². The number of carbonyl (C=O) groups excluding carboxylic acids is 1. The minimum atomic E-state index is -0.811. The maximum Gasteiger partial charge on any atom is 0.256 e. The number of hydrogen-bond acceptors (Lipinski definition) is 4. The van der Waals surface area contributed by atoms with Crippen LogP contribution in [0.2, 0.25) is 0 Å². The number of hydrogen-bond donors (Lipinski definition) is 1. The average Bonchev–Trinajstić information content (AvgIpc) is 2.53. The molecule has 0 spiro atoms. The highest BCUT2D eigenvalue weighted by Gasteiger charge is 2.33. The first-order chi connectivity index (χ1) is 11.0. The lowest BCUT2D eigenvalue weighted by atomic mass is 9.97. The fraction of sp³-hybridized carbons (Fsp3) is 0.667. The molecular formula is C18H30N2O3. The van der Waals surface area contributed by atoms with Gasteiger partial charge < -0.3 is 14.8 Å². The lowest BCUT2D eigenvalue weighted by Crippen LogP contribution is -2.43. The summed E-state index contributed by atoms with van der Waals surface area (Å²) in [6.07, 6.45) is 3.61. The number of amides is 1. The van der Waals surface area contributed by atoms with Crippen LogP contribution in [-0.2, 0) is 9.53 Å².